The molecule has 0 unspecified atom stereocenters. The molecule has 0 amide bonds. The average molecular weight is 972 g/mol. The largest absolute Gasteiger partial charge is 0.309 e. The minimum atomic E-state index is 1.16. The first-order valence-corrected chi connectivity index (χ1v) is 26.8. The maximum absolute atomic E-state index is 2.57. The number of hydrogen-bond acceptors (Lipinski definition) is 0. The zero-order valence-corrected chi connectivity index (χ0v) is 41.1. The lowest BCUT2D eigenvalue weighted by Crippen LogP contribution is -1.93. The van der Waals surface area contributed by atoms with E-state index < -0.39 is 0 Å². The van der Waals surface area contributed by atoms with Gasteiger partial charge in [0, 0.05) is 103 Å². The SMILES string of the molecule is c1ccc(-n2c3cc4c5cccc6c7ccccc7n(c4cc3c3cc4c(cc32)c2cc(-c3ccc7c8cc9c(c%10cccc%11c%12ccccc%12n9c%11%10)c9c%10ccccc%10n(c7c3)c89)cc3c7ccccc7n4c32)c65)cc1. The van der Waals surface area contributed by atoms with Crippen molar-refractivity contribution in [1.82, 2.24) is 22.2 Å². The Bertz CT molecular complexity index is 6230. The predicted molar refractivity (Wildman–Crippen MR) is 325 cm³/mol. The molecule has 0 atom stereocenters. The number of benzene rings is 12. The van der Waals surface area contributed by atoms with Crippen molar-refractivity contribution in [2.24, 2.45) is 0 Å². The molecule has 21 rings (SSSR count). The van der Waals surface area contributed by atoms with E-state index in [0.717, 1.165) is 5.69 Å². The molecule has 77 heavy (non-hydrogen) atoms. The van der Waals surface area contributed by atoms with Crippen LogP contribution in [-0.4, -0.2) is 22.2 Å². The van der Waals surface area contributed by atoms with Gasteiger partial charge in [0.25, 0.3) is 0 Å². The summed E-state index contributed by atoms with van der Waals surface area (Å²) in [6.45, 7) is 0. The Morgan fingerprint density at radius 1 is 0.182 bits per heavy atom. The third kappa shape index (κ3) is 4.23. The minimum Gasteiger partial charge on any atom is -0.309 e. The van der Waals surface area contributed by atoms with Crippen LogP contribution in [-0.2, 0) is 0 Å². The number of aromatic nitrogens is 5. The van der Waals surface area contributed by atoms with Crippen LogP contribution in [0.2, 0.25) is 0 Å². The molecule has 0 bridgehead atoms. The fourth-order valence-corrected chi connectivity index (χ4v) is 15.6. The molecule has 21 aromatic rings. The van der Waals surface area contributed by atoms with Gasteiger partial charge in [0.05, 0.1) is 77.2 Å². The van der Waals surface area contributed by atoms with E-state index in [1.54, 1.807) is 0 Å². The molecule has 0 N–H and O–H groups in total. The number of rotatable bonds is 2. The van der Waals surface area contributed by atoms with Crippen molar-refractivity contribution in [1.29, 1.82) is 0 Å². The van der Waals surface area contributed by atoms with Crippen LogP contribution in [0.4, 0.5) is 0 Å². The topological polar surface area (TPSA) is 22.6 Å². The summed E-state index contributed by atoms with van der Waals surface area (Å²) in [6.07, 6.45) is 0. The number of fused-ring (bicyclic) bond motifs is 28. The van der Waals surface area contributed by atoms with Gasteiger partial charge in [0.1, 0.15) is 0 Å². The Kier molecular flexibility index (Phi) is 6.34. The second-order valence-electron chi connectivity index (χ2n) is 22.0. The van der Waals surface area contributed by atoms with Gasteiger partial charge in [-0.2, -0.15) is 0 Å². The van der Waals surface area contributed by atoms with Crippen LogP contribution in [0.15, 0.2) is 224 Å². The number of hydrogen-bond donors (Lipinski definition) is 0. The molecule has 5 heteroatoms. The average Bonchev–Trinajstić information content (AvgIpc) is 4.57. The first kappa shape index (κ1) is 38.3. The lowest BCUT2D eigenvalue weighted by molar-refractivity contribution is 1.18. The van der Waals surface area contributed by atoms with E-state index in [4.69, 9.17) is 0 Å². The van der Waals surface area contributed by atoms with Crippen molar-refractivity contribution in [3.63, 3.8) is 0 Å². The molecule has 0 fully saturated rings. The van der Waals surface area contributed by atoms with Gasteiger partial charge in [0.15, 0.2) is 0 Å². The molecule has 12 aromatic carbocycles. The van der Waals surface area contributed by atoms with E-state index >= 15 is 0 Å². The third-order valence-corrected chi connectivity index (χ3v) is 18.5. The zero-order valence-electron chi connectivity index (χ0n) is 41.1. The summed E-state index contributed by atoms with van der Waals surface area (Å²) in [6, 6.07) is 85.2. The van der Waals surface area contributed by atoms with Crippen LogP contribution >= 0.6 is 0 Å². The highest BCUT2D eigenvalue weighted by Crippen LogP contribution is 2.51. The summed E-state index contributed by atoms with van der Waals surface area (Å²) in [4.78, 5) is 0. The Labute approximate surface area is 435 Å². The fraction of sp³-hybridized carbons (Fsp3) is 0. The van der Waals surface area contributed by atoms with Crippen molar-refractivity contribution >= 4 is 174 Å². The second kappa shape index (κ2) is 12.8. The van der Waals surface area contributed by atoms with E-state index in [0.29, 0.717) is 0 Å². The van der Waals surface area contributed by atoms with Gasteiger partial charge in [-0.3, -0.25) is 0 Å². The van der Waals surface area contributed by atoms with Gasteiger partial charge in [-0.1, -0.05) is 140 Å². The van der Waals surface area contributed by atoms with Crippen molar-refractivity contribution in [3.8, 4) is 16.8 Å². The van der Waals surface area contributed by atoms with Gasteiger partial charge in [-0.05, 0) is 96.1 Å². The first-order valence-electron chi connectivity index (χ1n) is 26.8. The lowest BCUT2D eigenvalue weighted by Gasteiger charge is -2.08. The molecule has 0 saturated carbocycles. The smallest absolute Gasteiger partial charge is 0.0628 e. The Balaban J connectivity index is 0.863. The summed E-state index contributed by atoms with van der Waals surface area (Å²) in [5.41, 5.74) is 21.2. The van der Waals surface area contributed by atoms with Crippen LogP contribution in [0.5, 0.6) is 0 Å². The standard InChI is InChI=1S/C72H37N5/c1-2-14-40(15-3-1)73-62-33-50-47-22-12-20-45-41-16-4-8-24-57(41)74(69(45)47)64(50)34-51(62)52-35-65-53(36-63(52)73)55-31-39(30-54-43-18-6-10-26-59(43)75(65)71(54)55)38-28-29-44-56-37-66-67(68-48-19-7-11-27-60(48)76(72(56)68)61(44)32-38)49-23-13-21-46-42-17-5-9-25-58(42)77(66)70(46)49/h1-37H. The van der Waals surface area contributed by atoms with Crippen LogP contribution in [0, 0.1) is 0 Å². The van der Waals surface area contributed by atoms with Gasteiger partial charge in [-0.15, -0.1) is 0 Å². The summed E-state index contributed by atoms with van der Waals surface area (Å²) in [5, 5.41) is 23.2. The summed E-state index contributed by atoms with van der Waals surface area (Å²) in [7, 11) is 0. The number of nitrogens with zero attached hydrogens (tertiary/aromatic N) is 5. The maximum Gasteiger partial charge on any atom is 0.0628 e. The Hall–Kier alpha value is -10.4. The Morgan fingerprint density at radius 2 is 0.571 bits per heavy atom. The van der Waals surface area contributed by atoms with Crippen molar-refractivity contribution in [3.05, 3.63) is 224 Å². The van der Waals surface area contributed by atoms with Gasteiger partial charge in [0.2, 0.25) is 0 Å². The third-order valence-electron chi connectivity index (χ3n) is 18.5. The van der Waals surface area contributed by atoms with Gasteiger partial charge >= 0.3 is 0 Å². The van der Waals surface area contributed by atoms with Crippen LogP contribution in [0.25, 0.3) is 191 Å². The molecule has 0 saturated heterocycles. The van der Waals surface area contributed by atoms with Crippen molar-refractivity contribution < 1.29 is 0 Å². The second-order valence-corrected chi connectivity index (χ2v) is 22.0. The molecule has 0 aliphatic rings. The molecule has 0 spiro atoms. The highest BCUT2D eigenvalue weighted by molar-refractivity contribution is 6.38. The molecule has 9 heterocycles. The molecule has 0 aliphatic heterocycles. The minimum absolute atomic E-state index is 1.16. The molecule has 350 valence electrons. The molecule has 0 aliphatic carbocycles. The summed E-state index contributed by atoms with van der Waals surface area (Å²) in [5.74, 6) is 0. The Morgan fingerprint density at radius 3 is 1.22 bits per heavy atom. The fourth-order valence-electron chi connectivity index (χ4n) is 15.6. The molecule has 5 nitrogen and oxygen atoms in total. The maximum atomic E-state index is 2.57. The summed E-state index contributed by atoms with van der Waals surface area (Å²) < 4.78 is 12.7. The molecular formula is C72H37N5. The highest BCUT2D eigenvalue weighted by Gasteiger charge is 2.28. The van der Waals surface area contributed by atoms with Crippen molar-refractivity contribution in [2.75, 3.05) is 0 Å². The summed E-state index contributed by atoms with van der Waals surface area (Å²) >= 11 is 0. The zero-order chi connectivity index (χ0) is 49.3. The highest BCUT2D eigenvalue weighted by atomic mass is 15.0. The lowest BCUT2D eigenvalue weighted by atomic mass is 9.97. The molecule has 9 aromatic heterocycles. The van der Waals surface area contributed by atoms with Crippen LogP contribution < -0.4 is 0 Å². The number of para-hydroxylation sites is 7. The van der Waals surface area contributed by atoms with E-state index in [-0.39, 0.29) is 0 Å². The van der Waals surface area contributed by atoms with E-state index in [1.165, 1.54) is 185 Å². The predicted octanol–water partition coefficient (Wildman–Crippen LogP) is 19.1. The first-order chi connectivity index (χ1) is 38.2. The van der Waals surface area contributed by atoms with Gasteiger partial charge < -0.3 is 22.2 Å². The molecule has 0 radical (unpaired) electrons. The normalized spacial score (nSPS) is 13.2. The van der Waals surface area contributed by atoms with Crippen LogP contribution in [0.1, 0.15) is 0 Å². The van der Waals surface area contributed by atoms with E-state index in [9.17, 15) is 0 Å². The monoisotopic (exact) mass is 971 g/mol. The van der Waals surface area contributed by atoms with Crippen molar-refractivity contribution in [2.45, 2.75) is 0 Å². The van der Waals surface area contributed by atoms with E-state index in [2.05, 4.69) is 247 Å². The quantitative estimate of drug-likeness (QED) is 0.165. The molecular weight excluding hydrogens is 935 g/mol. The van der Waals surface area contributed by atoms with Crippen LogP contribution in [0.3, 0.4) is 0 Å². The van der Waals surface area contributed by atoms with Gasteiger partial charge in [-0.25, -0.2) is 0 Å². The van der Waals surface area contributed by atoms with E-state index in [1.807, 2.05) is 0 Å².